The second-order valence-corrected chi connectivity index (χ2v) is 3.81. The number of amides is 1. The monoisotopic (exact) mass is 236 g/mol. The van der Waals surface area contributed by atoms with Gasteiger partial charge in [-0.15, -0.1) is 0 Å². The Morgan fingerprint density at radius 3 is 2.82 bits per heavy atom. The zero-order valence-electron chi connectivity index (χ0n) is 9.79. The lowest BCUT2D eigenvalue weighted by Crippen LogP contribution is -2.35. The van der Waals surface area contributed by atoms with Crippen LogP contribution >= 0.6 is 0 Å². The zero-order chi connectivity index (χ0) is 12.1. The highest BCUT2D eigenvalue weighted by Crippen LogP contribution is 2.30. The first kappa shape index (κ1) is 11.7. The largest absolute Gasteiger partial charge is 0.490 e. The first-order valence-corrected chi connectivity index (χ1v) is 5.63. The van der Waals surface area contributed by atoms with Gasteiger partial charge in [-0.2, -0.15) is 0 Å². The molecule has 0 aliphatic carbocycles. The number of ether oxygens (including phenoxy) is 2. The van der Waals surface area contributed by atoms with Gasteiger partial charge >= 0.3 is 0 Å². The normalized spacial score (nSPS) is 13.9. The van der Waals surface area contributed by atoms with Crippen LogP contribution in [-0.2, 0) is 11.2 Å². The summed E-state index contributed by atoms with van der Waals surface area (Å²) in [6.07, 6.45) is 1.20. The molecule has 0 saturated heterocycles. The predicted octanol–water partition coefficient (Wildman–Crippen LogP) is 0.641. The van der Waals surface area contributed by atoms with Crippen molar-refractivity contribution in [2.24, 2.45) is 0 Å². The van der Waals surface area contributed by atoms with E-state index in [0.717, 1.165) is 23.5 Å². The van der Waals surface area contributed by atoms with Gasteiger partial charge in [-0.05, 0) is 17.7 Å². The molecule has 92 valence electrons. The number of hydrogen-bond acceptors (Lipinski definition) is 4. The van der Waals surface area contributed by atoms with Crippen LogP contribution in [0.1, 0.15) is 12.0 Å². The molecular formula is C12H16N2O3. The van der Waals surface area contributed by atoms with E-state index < -0.39 is 0 Å². The van der Waals surface area contributed by atoms with E-state index in [0.29, 0.717) is 19.6 Å². The summed E-state index contributed by atoms with van der Waals surface area (Å²) < 4.78 is 11.1. The number of benzene rings is 1. The topological polar surface area (TPSA) is 59.6 Å². The Morgan fingerprint density at radius 1 is 1.29 bits per heavy atom. The number of carbonyl (C=O) groups is 1. The molecule has 0 fully saturated rings. The molecule has 0 aromatic heterocycles. The summed E-state index contributed by atoms with van der Waals surface area (Å²) >= 11 is 0. The van der Waals surface area contributed by atoms with Gasteiger partial charge in [-0.3, -0.25) is 10.2 Å². The number of rotatable bonds is 3. The first-order valence-electron chi connectivity index (χ1n) is 5.63. The lowest BCUT2D eigenvalue weighted by atomic mass is 10.1. The summed E-state index contributed by atoms with van der Waals surface area (Å²) in [6, 6.07) is 5.58. The van der Waals surface area contributed by atoms with E-state index in [1.807, 2.05) is 18.2 Å². The standard InChI is InChI=1S/C12H16N2O3/c1-13-14-12(15)8-9-3-4-10-11(7-9)17-6-2-5-16-10/h3-4,7,13H,2,5-6,8H2,1H3,(H,14,15). The van der Waals surface area contributed by atoms with Crippen molar-refractivity contribution >= 4 is 5.91 Å². The van der Waals surface area contributed by atoms with E-state index in [2.05, 4.69) is 10.9 Å². The Hall–Kier alpha value is -1.75. The molecule has 1 heterocycles. The molecule has 1 aromatic rings. The maximum Gasteiger partial charge on any atom is 0.238 e. The van der Waals surface area contributed by atoms with Crippen LogP contribution in [0.25, 0.3) is 0 Å². The van der Waals surface area contributed by atoms with Crippen LogP contribution in [0.15, 0.2) is 18.2 Å². The first-order chi connectivity index (χ1) is 8.29. The van der Waals surface area contributed by atoms with Crippen molar-refractivity contribution < 1.29 is 14.3 Å². The molecule has 0 atom stereocenters. The molecule has 1 aromatic carbocycles. The van der Waals surface area contributed by atoms with Gasteiger partial charge in [0.1, 0.15) is 0 Å². The summed E-state index contributed by atoms with van der Waals surface area (Å²) in [5.41, 5.74) is 6.03. The fourth-order valence-electron chi connectivity index (χ4n) is 1.69. The van der Waals surface area contributed by atoms with E-state index in [1.165, 1.54) is 0 Å². The minimum absolute atomic E-state index is 0.0815. The Morgan fingerprint density at radius 2 is 2.06 bits per heavy atom. The van der Waals surface area contributed by atoms with Crippen LogP contribution in [0.3, 0.4) is 0 Å². The Bertz CT molecular complexity index is 407. The average molecular weight is 236 g/mol. The third-order valence-electron chi connectivity index (χ3n) is 2.44. The lowest BCUT2D eigenvalue weighted by molar-refractivity contribution is -0.121. The van der Waals surface area contributed by atoms with E-state index in [4.69, 9.17) is 9.47 Å². The van der Waals surface area contributed by atoms with Crippen LogP contribution in [0, 0.1) is 0 Å². The SMILES string of the molecule is CNNC(=O)Cc1ccc2c(c1)OCCCO2. The van der Waals surface area contributed by atoms with Gasteiger partial charge in [0, 0.05) is 13.5 Å². The quantitative estimate of drug-likeness (QED) is 0.756. The summed E-state index contributed by atoms with van der Waals surface area (Å²) in [7, 11) is 1.66. The van der Waals surface area contributed by atoms with Crippen molar-refractivity contribution in [3.8, 4) is 11.5 Å². The molecule has 0 spiro atoms. The number of fused-ring (bicyclic) bond motifs is 1. The predicted molar refractivity (Wildman–Crippen MR) is 63.0 cm³/mol. The van der Waals surface area contributed by atoms with Crippen LogP contribution in [0.2, 0.25) is 0 Å². The number of nitrogens with one attached hydrogen (secondary N) is 2. The maximum atomic E-state index is 11.4. The molecular weight excluding hydrogens is 220 g/mol. The van der Waals surface area contributed by atoms with Crippen LogP contribution in [0.5, 0.6) is 11.5 Å². The number of hydrogen-bond donors (Lipinski definition) is 2. The van der Waals surface area contributed by atoms with Crippen LogP contribution in [0.4, 0.5) is 0 Å². The fourth-order valence-corrected chi connectivity index (χ4v) is 1.69. The van der Waals surface area contributed by atoms with E-state index >= 15 is 0 Å². The molecule has 0 saturated carbocycles. The smallest absolute Gasteiger partial charge is 0.238 e. The van der Waals surface area contributed by atoms with Crippen molar-refractivity contribution in [3.63, 3.8) is 0 Å². The minimum atomic E-state index is -0.0815. The maximum absolute atomic E-state index is 11.4. The lowest BCUT2D eigenvalue weighted by Gasteiger charge is -2.09. The highest BCUT2D eigenvalue weighted by atomic mass is 16.5. The summed E-state index contributed by atoms with van der Waals surface area (Å²) in [6.45, 7) is 1.33. The molecule has 0 radical (unpaired) electrons. The van der Waals surface area contributed by atoms with Crippen molar-refractivity contribution in [1.29, 1.82) is 0 Å². The van der Waals surface area contributed by atoms with E-state index in [1.54, 1.807) is 7.05 Å². The molecule has 1 aliphatic rings. The van der Waals surface area contributed by atoms with Gasteiger partial charge in [-0.25, -0.2) is 5.43 Å². The molecule has 5 nitrogen and oxygen atoms in total. The highest BCUT2D eigenvalue weighted by Gasteiger charge is 2.11. The minimum Gasteiger partial charge on any atom is -0.490 e. The number of carbonyl (C=O) groups excluding carboxylic acids is 1. The molecule has 0 bridgehead atoms. The zero-order valence-corrected chi connectivity index (χ0v) is 9.79. The van der Waals surface area contributed by atoms with Gasteiger partial charge in [0.25, 0.3) is 0 Å². The Kier molecular flexibility index (Phi) is 3.82. The Balaban J connectivity index is 2.09. The van der Waals surface area contributed by atoms with Crippen molar-refractivity contribution in [1.82, 2.24) is 10.9 Å². The second kappa shape index (κ2) is 5.54. The summed E-state index contributed by atoms with van der Waals surface area (Å²) in [5, 5.41) is 0. The average Bonchev–Trinajstić information content (AvgIpc) is 2.53. The number of hydrazine groups is 1. The molecule has 1 amide bonds. The van der Waals surface area contributed by atoms with Gasteiger partial charge in [0.05, 0.1) is 19.6 Å². The fraction of sp³-hybridized carbons (Fsp3) is 0.417. The van der Waals surface area contributed by atoms with E-state index in [9.17, 15) is 4.79 Å². The van der Waals surface area contributed by atoms with Crippen LogP contribution < -0.4 is 20.3 Å². The molecule has 2 N–H and O–H groups in total. The van der Waals surface area contributed by atoms with Gasteiger partial charge in [0.2, 0.25) is 5.91 Å². The summed E-state index contributed by atoms with van der Waals surface area (Å²) in [4.78, 5) is 11.4. The second-order valence-electron chi connectivity index (χ2n) is 3.81. The van der Waals surface area contributed by atoms with Gasteiger partial charge in [-0.1, -0.05) is 6.07 Å². The van der Waals surface area contributed by atoms with Crippen molar-refractivity contribution in [2.75, 3.05) is 20.3 Å². The third-order valence-corrected chi connectivity index (χ3v) is 2.44. The molecule has 2 rings (SSSR count). The molecule has 17 heavy (non-hydrogen) atoms. The van der Waals surface area contributed by atoms with Crippen molar-refractivity contribution in [2.45, 2.75) is 12.8 Å². The highest BCUT2D eigenvalue weighted by molar-refractivity contribution is 5.78. The van der Waals surface area contributed by atoms with Crippen LogP contribution in [-0.4, -0.2) is 26.2 Å². The molecule has 0 unspecified atom stereocenters. The molecule has 5 heteroatoms. The van der Waals surface area contributed by atoms with Gasteiger partial charge in [0.15, 0.2) is 11.5 Å². The van der Waals surface area contributed by atoms with Crippen molar-refractivity contribution in [3.05, 3.63) is 23.8 Å². The van der Waals surface area contributed by atoms with Gasteiger partial charge < -0.3 is 9.47 Å². The third kappa shape index (κ3) is 3.10. The van der Waals surface area contributed by atoms with E-state index in [-0.39, 0.29) is 5.91 Å². The summed E-state index contributed by atoms with van der Waals surface area (Å²) in [5.74, 6) is 1.39. The molecule has 1 aliphatic heterocycles. The Labute approximate surface area is 100 Å².